The summed E-state index contributed by atoms with van der Waals surface area (Å²) in [5.74, 6) is -0.786. The number of ether oxygens (including phenoxy) is 1. The van der Waals surface area contributed by atoms with Crippen molar-refractivity contribution in [2.24, 2.45) is 0 Å². The summed E-state index contributed by atoms with van der Waals surface area (Å²) in [6.45, 7) is 4.27. The fourth-order valence-corrected chi connectivity index (χ4v) is 7.68. The van der Waals surface area contributed by atoms with Crippen LogP contribution < -0.4 is 5.32 Å². The lowest BCUT2D eigenvalue weighted by Gasteiger charge is -2.38. The number of hydrogen-bond acceptors (Lipinski definition) is 5. The number of nitrogens with one attached hydrogen (secondary N) is 1. The molecule has 1 aliphatic carbocycles. The van der Waals surface area contributed by atoms with Gasteiger partial charge in [-0.3, -0.25) is 4.79 Å². The minimum Gasteiger partial charge on any atom is -0.392 e. The molecule has 1 aromatic rings. The number of benzene rings is 1. The Morgan fingerprint density at radius 1 is 1.28 bits per heavy atom. The van der Waals surface area contributed by atoms with Gasteiger partial charge in [0.15, 0.2) is 0 Å². The third-order valence-corrected chi connectivity index (χ3v) is 10.1. The van der Waals surface area contributed by atoms with Crippen molar-refractivity contribution < 1.29 is 27.4 Å². The van der Waals surface area contributed by atoms with Crippen molar-refractivity contribution in [1.82, 2.24) is 9.62 Å². The zero-order valence-corrected chi connectivity index (χ0v) is 21.9. The van der Waals surface area contributed by atoms with Gasteiger partial charge in [0.2, 0.25) is 15.9 Å². The molecule has 2 fully saturated rings. The van der Waals surface area contributed by atoms with Crippen LogP contribution in [0.5, 0.6) is 0 Å². The smallest absolute Gasteiger partial charge is 0.230 e. The fraction of sp³-hybridized carbons (Fsp3) is 0.593. The second-order valence-electron chi connectivity index (χ2n) is 10.2. The quantitative estimate of drug-likeness (QED) is 0.575. The third kappa shape index (κ3) is 5.44. The van der Waals surface area contributed by atoms with Gasteiger partial charge in [0, 0.05) is 37.9 Å². The van der Waals surface area contributed by atoms with Gasteiger partial charge in [-0.15, -0.1) is 0 Å². The van der Waals surface area contributed by atoms with E-state index in [1.807, 2.05) is 25.2 Å². The molecule has 0 saturated carbocycles. The highest BCUT2D eigenvalue weighted by Gasteiger charge is 2.43. The summed E-state index contributed by atoms with van der Waals surface area (Å²) in [7, 11) is -3.66. The topological polar surface area (TPSA) is 95.9 Å². The summed E-state index contributed by atoms with van der Waals surface area (Å²) in [5.41, 5.74) is 0.704. The summed E-state index contributed by atoms with van der Waals surface area (Å²) in [6, 6.07) is 4.48. The van der Waals surface area contributed by atoms with Crippen LogP contribution in [0.15, 0.2) is 42.0 Å². The van der Waals surface area contributed by atoms with Gasteiger partial charge in [0.1, 0.15) is 11.1 Å². The number of hydrogen-bond donors (Lipinski definition) is 2. The van der Waals surface area contributed by atoms with Crippen LogP contribution in [-0.2, 0) is 31.5 Å². The molecule has 36 heavy (non-hydrogen) atoms. The molecule has 0 unspecified atom stereocenters. The van der Waals surface area contributed by atoms with Crippen LogP contribution in [0.1, 0.15) is 63.5 Å². The van der Waals surface area contributed by atoms with E-state index in [0.29, 0.717) is 44.5 Å². The molecule has 2 aliphatic heterocycles. The van der Waals surface area contributed by atoms with E-state index in [4.69, 9.17) is 4.74 Å². The first-order valence-electron chi connectivity index (χ1n) is 12.9. The van der Waals surface area contributed by atoms with Crippen molar-refractivity contribution in [1.29, 1.82) is 0 Å². The molecule has 3 atom stereocenters. The van der Waals surface area contributed by atoms with E-state index in [2.05, 4.69) is 5.32 Å². The molecule has 198 valence electrons. The van der Waals surface area contributed by atoms with Crippen LogP contribution in [0, 0.1) is 5.82 Å². The monoisotopic (exact) mass is 520 g/mol. The van der Waals surface area contributed by atoms with Crippen molar-refractivity contribution in [3.05, 3.63) is 58.9 Å². The van der Waals surface area contributed by atoms with Crippen LogP contribution >= 0.6 is 0 Å². The summed E-state index contributed by atoms with van der Waals surface area (Å²) in [4.78, 5) is 13.2. The fourth-order valence-electron chi connectivity index (χ4n) is 5.47. The number of aliphatic hydroxyl groups is 1. The molecule has 2 heterocycles. The summed E-state index contributed by atoms with van der Waals surface area (Å²) in [6.07, 6.45) is 9.05. The van der Waals surface area contributed by atoms with E-state index in [1.54, 1.807) is 19.1 Å². The van der Waals surface area contributed by atoms with E-state index in [9.17, 15) is 18.3 Å². The molecule has 1 amide bonds. The second-order valence-corrected chi connectivity index (χ2v) is 12.3. The molecule has 9 heteroatoms. The number of carbonyl (C=O) groups excluding carboxylic acids is 1. The van der Waals surface area contributed by atoms with Gasteiger partial charge < -0.3 is 15.2 Å². The molecule has 0 aromatic heterocycles. The number of nitrogens with zero attached hydrogens (tertiary/aromatic N) is 1. The van der Waals surface area contributed by atoms with Gasteiger partial charge in [0.25, 0.3) is 0 Å². The highest BCUT2D eigenvalue weighted by atomic mass is 32.2. The number of carbonyl (C=O) groups is 1. The van der Waals surface area contributed by atoms with E-state index >= 15 is 4.39 Å². The van der Waals surface area contributed by atoms with E-state index in [0.717, 1.165) is 18.4 Å². The number of aliphatic hydroxyl groups excluding tert-OH is 1. The summed E-state index contributed by atoms with van der Waals surface area (Å²) >= 11 is 0. The Kier molecular flexibility index (Phi) is 8.34. The molecular weight excluding hydrogens is 483 g/mol. The Bertz CT molecular complexity index is 1120. The van der Waals surface area contributed by atoms with Crippen LogP contribution in [-0.4, -0.2) is 60.9 Å². The average Bonchev–Trinajstić information content (AvgIpc) is 2.86. The Balaban J connectivity index is 1.59. The Morgan fingerprint density at radius 3 is 2.67 bits per heavy atom. The first-order valence-corrected chi connectivity index (χ1v) is 14.4. The number of allylic oxidation sites excluding steroid dienone is 3. The molecule has 0 bridgehead atoms. The van der Waals surface area contributed by atoms with Gasteiger partial charge in [-0.25, -0.2) is 12.8 Å². The maximum atomic E-state index is 15.5. The Hall–Kier alpha value is -2.07. The number of amides is 1. The molecule has 3 aliphatic rings. The van der Waals surface area contributed by atoms with Crippen molar-refractivity contribution in [3.8, 4) is 0 Å². The molecule has 7 nitrogen and oxygen atoms in total. The first-order chi connectivity index (χ1) is 17.1. The molecule has 0 spiro atoms. The van der Waals surface area contributed by atoms with Crippen LogP contribution in [0.2, 0.25) is 0 Å². The van der Waals surface area contributed by atoms with E-state index in [-0.39, 0.29) is 30.6 Å². The van der Waals surface area contributed by atoms with Gasteiger partial charge in [-0.1, -0.05) is 30.4 Å². The Morgan fingerprint density at radius 2 is 2.03 bits per heavy atom. The minimum absolute atomic E-state index is 0.0482. The highest BCUT2D eigenvalue weighted by Crippen LogP contribution is 2.37. The lowest BCUT2D eigenvalue weighted by atomic mass is 9.73. The van der Waals surface area contributed by atoms with Crippen molar-refractivity contribution >= 4 is 15.9 Å². The van der Waals surface area contributed by atoms with Crippen LogP contribution in [0.4, 0.5) is 4.39 Å². The highest BCUT2D eigenvalue weighted by molar-refractivity contribution is 7.90. The first kappa shape index (κ1) is 27.0. The summed E-state index contributed by atoms with van der Waals surface area (Å²) < 4.78 is 49.5. The molecule has 4 rings (SSSR count). The van der Waals surface area contributed by atoms with Gasteiger partial charge in [-0.2, -0.15) is 4.31 Å². The Labute approximate surface area is 213 Å². The van der Waals surface area contributed by atoms with Crippen LogP contribution in [0.25, 0.3) is 0 Å². The average molecular weight is 521 g/mol. The normalized spacial score (nSPS) is 26.7. The lowest BCUT2D eigenvalue weighted by Crippen LogP contribution is -2.49. The molecule has 1 aromatic carbocycles. The molecular formula is C27H37FN2O5S. The molecule has 2 N–H and O–H groups in total. The van der Waals surface area contributed by atoms with Gasteiger partial charge in [-0.05, 0) is 69.6 Å². The zero-order valence-electron chi connectivity index (χ0n) is 21.1. The van der Waals surface area contributed by atoms with E-state index < -0.39 is 32.6 Å². The molecule has 2 saturated heterocycles. The zero-order chi connectivity index (χ0) is 25.9. The number of rotatable bonds is 7. The maximum Gasteiger partial charge on any atom is 0.230 e. The largest absolute Gasteiger partial charge is 0.392 e. The minimum atomic E-state index is -3.66. The third-order valence-electron chi connectivity index (χ3n) is 7.69. The van der Waals surface area contributed by atoms with Crippen molar-refractivity contribution in [2.75, 3.05) is 19.8 Å². The maximum absolute atomic E-state index is 15.5. The predicted molar refractivity (Wildman–Crippen MR) is 136 cm³/mol. The van der Waals surface area contributed by atoms with Crippen LogP contribution in [0.3, 0.4) is 0 Å². The van der Waals surface area contributed by atoms with Gasteiger partial charge >= 0.3 is 0 Å². The van der Waals surface area contributed by atoms with Crippen molar-refractivity contribution in [3.63, 3.8) is 0 Å². The summed E-state index contributed by atoms with van der Waals surface area (Å²) in [5, 5.41) is 11.8. The molecule has 0 radical (unpaired) electrons. The van der Waals surface area contributed by atoms with Gasteiger partial charge in [0.05, 0.1) is 11.5 Å². The number of sulfonamides is 1. The SMILES string of the molecule is C[C@@H](O)CNC(=O)C1(c2ccc(CN3[C@@H](C)CC[C@H](C4=CCCC=C4)S3(=O)=O)c(F)c2)CCOCC1. The second kappa shape index (κ2) is 11.1. The lowest BCUT2D eigenvalue weighted by molar-refractivity contribution is -0.130. The standard InChI is InChI=1S/C27H37FN2O5S/c1-19-8-11-25(21-6-4-3-5-7-21)36(33,34)30(19)18-22-9-10-23(16-24(22)28)27(12-14-35-15-13-27)26(32)29-17-20(2)31/h4,6-7,9-10,16,19-20,25,31H,3,5,8,11-15,17-18H2,1-2H3,(H,29,32)/t19-,20+,25+/m0/s1. The predicted octanol–water partition coefficient (Wildman–Crippen LogP) is 3.33. The number of halogens is 1. The van der Waals surface area contributed by atoms with E-state index in [1.165, 1.54) is 10.4 Å². The van der Waals surface area contributed by atoms with Crippen molar-refractivity contribution in [2.45, 2.75) is 81.7 Å².